The topological polar surface area (TPSA) is 57.6 Å². The molecule has 106 valence electrons. The number of hydrogen-bond donors (Lipinski definition) is 1. The first-order chi connectivity index (χ1) is 9.18. The van der Waals surface area contributed by atoms with E-state index >= 15 is 0 Å². The standard InChI is InChI=1S/C15H23NO3/c17-14(16-8-2-1-3-9-16)12-10-4-6-11(7-5-10)13(12)15(18)19/h10-13H,1-9H2,(H,18,19). The Labute approximate surface area is 114 Å². The summed E-state index contributed by atoms with van der Waals surface area (Å²) in [5.74, 6) is -0.696. The van der Waals surface area contributed by atoms with E-state index in [1.165, 1.54) is 6.42 Å². The highest BCUT2D eigenvalue weighted by molar-refractivity contribution is 5.85. The minimum absolute atomic E-state index is 0.140. The first-order valence-electron chi connectivity index (χ1n) is 7.70. The Morgan fingerprint density at radius 1 is 0.842 bits per heavy atom. The third-order valence-electron chi connectivity index (χ3n) is 5.46. The predicted molar refractivity (Wildman–Crippen MR) is 70.5 cm³/mol. The van der Waals surface area contributed by atoms with Crippen LogP contribution in [0.15, 0.2) is 0 Å². The van der Waals surface area contributed by atoms with Gasteiger partial charge in [0, 0.05) is 13.1 Å². The van der Waals surface area contributed by atoms with Crippen molar-refractivity contribution in [2.24, 2.45) is 23.7 Å². The van der Waals surface area contributed by atoms with Gasteiger partial charge in [0.2, 0.25) is 5.91 Å². The summed E-state index contributed by atoms with van der Waals surface area (Å²) in [6.45, 7) is 1.66. The molecule has 4 fully saturated rings. The largest absolute Gasteiger partial charge is 0.481 e. The second-order valence-electron chi connectivity index (χ2n) is 6.45. The summed E-state index contributed by atoms with van der Waals surface area (Å²) in [5.41, 5.74) is 0. The normalized spacial score (nSPS) is 38.2. The van der Waals surface area contributed by atoms with Crippen LogP contribution >= 0.6 is 0 Å². The van der Waals surface area contributed by atoms with Gasteiger partial charge in [-0.05, 0) is 56.8 Å². The van der Waals surface area contributed by atoms with E-state index in [0.717, 1.165) is 51.6 Å². The van der Waals surface area contributed by atoms with Gasteiger partial charge in [-0.2, -0.15) is 0 Å². The molecular formula is C15H23NO3. The highest BCUT2D eigenvalue weighted by Crippen LogP contribution is 2.49. The van der Waals surface area contributed by atoms with Crippen LogP contribution in [0, 0.1) is 23.7 Å². The molecule has 4 nitrogen and oxygen atoms in total. The van der Waals surface area contributed by atoms with Crippen molar-refractivity contribution in [2.75, 3.05) is 13.1 Å². The molecule has 2 bridgehead atoms. The van der Waals surface area contributed by atoms with E-state index in [-0.39, 0.29) is 17.7 Å². The Morgan fingerprint density at radius 3 is 1.89 bits per heavy atom. The van der Waals surface area contributed by atoms with Crippen molar-refractivity contribution in [3.63, 3.8) is 0 Å². The number of amides is 1. The molecule has 1 saturated heterocycles. The van der Waals surface area contributed by atoms with E-state index < -0.39 is 11.9 Å². The minimum Gasteiger partial charge on any atom is -0.481 e. The number of rotatable bonds is 2. The number of carboxylic acids is 1. The maximum atomic E-state index is 12.7. The average molecular weight is 265 g/mol. The molecule has 0 aromatic heterocycles. The highest BCUT2D eigenvalue weighted by Gasteiger charge is 2.51. The van der Waals surface area contributed by atoms with Crippen LogP contribution in [0.1, 0.15) is 44.9 Å². The molecular weight excluding hydrogens is 242 g/mol. The number of hydrogen-bond acceptors (Lipinski definition) is 2. The summed E-state index contributed by atoms with van der Waals surface area (Å²) < 4.78 is 0. The molecule has 4 aliphatic rings. The van der Waals surface area contributed by atoms with Crippen LogP contribution in [0.5, 0.6) is 0 Å². The fourth-order valence-corrected chi connectivity index (χ4v) is 4.49. The predicted octanol–water partition coefficient (Wildman–Crippen LogP) is 2.14. The summed E-state index contributed by atoms with van der Waals surface area (Å²) in [6.07, 6.45) is 7.46. The molecule has 1 aliphatic heterocycles. The zero-order chi connectivity index (χ0) is 13.4. The van der Waals surface area contributed by atoms with E-state index in [4.69, 9.17) is 0 Å². The van der Waals surface area contributed by atoms with Crippen molar-refractivity contribution in [1.29, 1.82) is 0 Å². The fraction of sp³-hybridized carbons (Fsp3) is 0.867. The van der Waals surface area contributed by atoms with Gasteiger partial charge in [0.1, 0.15) is 0 Å². The van der Waals surface area contributed by atoms with Crippen molar-refractivity contribution in [2.45, 2.75) is 44.9 Å². The Morgan fingerprint density at radius 2 is 1.37 bits per heavy atom. The van der Waals surface area contributed by atoms with Gasteiger partial charge in [-0.15, -0.1) is 0 Å². The lowest BCUT2D eigenvalue weighted by atomic mass is 9.58. The Hall–Kier alpha value is -1.06. The van der Waals surface area contributed by atoms with Crippen LogP contribution < -0.4 is 0 Å². The molecule has 1 heterocycles. The van der Waals surface area contributed by atoms with Crippen LogP contribution in [-0.2, 0) is 9.59 Å². The second-order valence-corrected chi connectivity index (χ2v) is 6.45. The lowest BCUT2D eigenvalue weighted by molar-refractivity contribution is -0.162. The van der Waals surface area contributed by atoms with Gasteiger partial charge < -0.3 is 10.0 Å². The molecule has 2 unspecified atom stereocenters. The van der Waals surface area contributed by atoms with Crippen molar-refractivity contribution < 1.29 is 14.7 Å². The smallest absolute Gasteiger partial charge is 0.307 e. The van der Waals surface area contributed by atoms with Crippen LogP contribution in [0.25, 0.3) is 0 Å². The molecule has 0 aromatic rings. The molecule has 0 radical (unpaired) electrons. The van der Waals surface area contributed by atoms with Crippen molar-refractivity contribution >= 4 is 11.9 Å². The van der Waals surface area contributed by atoms with Gasteiger partial charge in [-0.3, -0.25) is 9.59 Å². The monoisotopic (exact) mass is 265 g/mol. The molecule has 19 heavy (non-hydrogen) atoms. The first kappa shape index (κ1) is 12.9. The third kappa shape index (κ3) is 2.26. The van der Waals surface area contributed by atoms with E-state index in [2.05, 4.69) is 0 Å². The quantitative estimate of drug-likeness (QED) is 0.832. The van der Waals surface area contributed by atoms with E-state index in [1.54, 1.807) is 0 Å². The highest BCUT2D eigenvalue weighted by atomic mass is 16.4. The Balaban J connectivity index is 1.80. The third-order valence-corrected chi connectivity index (χ3v) is 5.46. The van der Waals surface area contributed by atoms with Gasteiger partial charge in [-0.25, -0.2) is 0 Å². The van der Waals surface area contributed by atoms with Crippen LogP contribution in [-0.4, -0.2) is 35.0 Å². The maximum Gasteiger partial charge on any atom is 0.307 e. The molecule has 0 aromatic carbocycles. The number of likely N-dealkylation sites (tertiary alicyclic amines) is 1. The molecule has 3 saturated carbocycles. The molecule has 3 aliphatic carbocycles. The summed E-state index contributed by atoms with van der Waals surface area (Å²) in [4.78, 5) is 26.2. The van der Waals surface area contributed by atoms with Gasteiger partial charge in [0.15, 0.2) is 0 Å². The number of carbonyl (C=O) groups is 2. The van der Waals surface area contributed by atoms with E-state index in [1.807, 2.05) is 4.90 Å². The zero-order valence-electron chi connectivity index (χ0n) is 11.4. The number of aliphatic carboxylic acids is 1. The Kier molecular flexibility index (Phi) is 3.50. The van der Waals surface area contributed by atoms with Crippen molar-refractivity contribution in [3.05, 3.63) is 0 Å². The molecule has 1 N–H and O–H groups in total. The van der Waals surface area contributed by atoms with Crippen LogP contribution in [0.4, 0.5) is 0 Å². The Bertz CT molecular complexity index is 368. The van der Waals surface area contributed by atoms with Crippen molar-refractivity contribution in [1.82, 2.24) is 4.90 Å². The maximum absolute atomic E-state index is 12.7. The SMILES string of the molecule is O=C(O)C1C2CCC(CC2)C1C(=O)N1CCCCC1. The number of fused-ring (bicyclic) bond motifs is 3. The molecule has 4 heteroatoms. The minimum atomic E-state index is -0.746. The molecule has 2 atom stereocenters. The summed E-state index contributed by atoms with van der Waals surface area (Å²) in [5, 5.41) is 9.51. The zero-order valence-corrected chi connectivity index (χ0v) is 11.4. The van der Waals surface area contributed by atoms with Gasteiger partial charge >= 0.3 is 5.97 Å². The lowest BCUT2D eigenvalue weighted by Gasteiger charge is -2.47. The molecule has 1 amide bonds. The number of piperidine rings is 1. The lowest BCUT2D eigenvalue weighted by Crippen LogP contribution is -2.52. The fourth-order valence-electron chi connectivity index (χ4n) is 4.49. The van der Waals surface area contributed by atoms with Crippen LogP contribution in [0.2, 0.25) is 0 Å². The number of nitrogens with zero attached hydrogens (tertiary/aromatic N) is 1. The van der Waals surface area contributed by atoms with E-state index in [9.17, 15) is 14.7 Å². The number of carboxylic acid groups (broad SMARTS) is 1. The molecule has 4 rings (SSSR count). The van der Waals surface area contributed by atoms with Gasteiger partial charge in [-0.1, -0.05) is 0 Å². The van der Waals surface area contributed by atoms with Gasteiger partial charge in [0.25, 0.3) is 0 Å². The average Bonchev–Trinajstić information content (AvgIpc) is 2.47. The van der Waals surface area contributed by atoms with Crippen molar-refractivity contribution in [3.8, 4) is 0 Å². The summed E-state index contributed by atoms with van der Waals surface area (Å²) in [6, 6.07) is 0. The van der Waals surface area contributed by atoms with E-state index in [0.29, 0.717) is 5.92 Å². The van der Waals surface area contributed by atoms with Gasteiger partial charge in [0.05, 0.1) is 11.8 Å². The van der Waals surface area contributed by atoms with Crippen LogP contribution in [0.3, 0.4) is 0 Å². The first-order valence-corrected chi connectivity index (χ1v) is 7.70. The summed E-state index contributed by atoms with van der Waals surface area (Å²) in [7, 11) is 0. The summed E-state index contributed by atoms with van der Waals surface area (Å²) >= 11 is 0. The molecule has 0 spiro atoms. The second kappa shape index (κ2) is 5.14. The number of carbonyl (C=O) groups excluding carboxylic acids is 1.